The van der Waals surface area contributed by atoms with E-state index in [1.807, 2.05) is 36.5 Å². The number of carbonyl (C=O) groups excluding carboxylic acids is 2. The maximum Gasteiger partial charge on any atom is 0.247 e. The zero-order valence-electron chi connectivity index (χ0n) is 18.9. The molecule has 0 spiro atoms. The Morgan fingerprint density at radius 3 is 2.74 bits per heavy atom. The maximum absolute atomic E-state index is 13.2. The van der Waals surface area contributed by atoms with Crippen molar-refractivity contribution >= 4 is 40.2 Å². The number of hydrogen-bond acceptors (Lipinski definition) is 5. The van der Waals surface area contributed by atoms with Gasteiger partial charge in [0.1, 0.15) is 11.1 Å². The van der Waals surface area contributed by atoms with Crippen LogP contribution in [0, 0.1) is 11.3 Å². The van der Waals surface area contributed by atoms with E-state index in [1.54, 1.807) is 6.07 Å². The molecule has 2 amide bonds. The number of fused-ring (bicyclic) bond motifs is 2. The Labute approximate surface area is 207 Å². The van der Waals surface area contributed by atoms with Gasteiger partial charge in [0.25, 0.3) is 0 Å². The maximum atomic E-state index is 13.2. The number of H-pyrrole nitrogens is 1. The third-order valence-corrected chi connectivity index (χ3v) is 8.09. The number of hydrogen-bond donors (Lipinski definition) is 1. The molecule has 4 aromatic rings. The molecule has 0 saturated carbocycles. The van der Waals surface area contributed by atoms with Crippen LogP contribution in [0.5, 0.6) is 0 Å². The van der Waals surface area contributed by atoms with Gasteiger partial charge in [0, 0.05) is 23.8 Å². The summed E-state index contributed by atoms with van der Waals surface area (Å²) >= 11 is 1.23. The molecule has 6 nitrogen and oxygen atoms in total. The molecule has 6 rings (SSSR count). The van der Waals surface area contributed by atoms with Crippen molar-refractivity contribution in [1.29, 1.82) is 5.26 Å². The second kappa shape index (κ2) is 8.71. The minimum atomic E-state index is -0.597. The van der Waals surface area contributed by atoms with Gasteiger partial charge in [0.05, 0.1) is 16.5 Å². The van der Waals surface area contributed by atoms with Crippen molar-refractivity contribution < 1.29 is 9.59 Å². The van der Waals surface area contributed by atoms with Gasteiger partial charge in [-0.25, -0.2) is 9.88 Å². The number of aromatic amines is 1. The van der Waals surface area contributed by atoms with Gasteiger partial charge in [-0.3, -0.25) is 9.59 Å². The van der Waals surface area contributed by atoms with Crippen molar-refractivity contribution in [3.63, 3.8) is 0 Å². The normalized spacial score (nSPS) is 19.7. The number of nitrogens with zero attached hydrogens (tertiary/aromatic N) is 3. The van der Waals surface area contributed by atoms with E-state index in [0.29, 0.717) is 22.2 Å². The summed E-state index contributed by atoms with van der Waals surface area (Å²) in [6.45, 7) is 0. The van der Waals surface area contributed by atoms with E-state index in [9.17, 15) is 14.9 Å². The SMILES string of the molecule is N#Cc1cc2c(nc1SC1CC(=O)N(c3ccc4cc[nH]c4c3)C1=O)CCC(c1ccccc1)C2. The quantitative estimate of drug-likeness (QED) is 0.411. The highest BCUT2D eigenvalue weighted by Gasteiger charge is 2.41. The third kappa shape index (κ3) is 3.90. The van der Waals surface area contributed by atoms with Crippen molar-refractivity contribution in [3.8, 4) is 6.07 Å². The fourth-order valence-corrected chi connectivity index (χ4v) is 6.20. The molecule has 7 heteroatoms. The fourth-order valence-electron chi connectivity index (χ4n) is 5.10. The van der Waals surface area contributed by atoms with E-state index in [2.05, 4.69) is 35.3 Å². The van der Waals surface area contributed by atoms with Crippen LogP contribution in [0.1, 0.15) is 41.1 Å². The lowest BCUT2D eigenvalue weighted by atomic mass is 9.82. The lowest BCUT2D eigenvalue weighted by Crippen LogP contribution is -2.31. The second-order valence-corrected chi connectivity index (χ2v) is 10.2. The summed E-state index contributed by atoms with van der Waals surface area (Å²) in [5.41, 5.74) is 5.29. The molecule has 0 radical (unpaired) electrons. The van der Waals surface area contributed by atoms with Crippen molar-refractivity contribution in [2.75, 3.05) is 4.90 Å². The minimum absolute atomic E-state index is 0.0893. The van der Waals surface area contributed by atoms with Gasteiger partial charge in [-0.05, 0) is 66.0 Å². The molecule has 2 atom stereocenters. The molecule has 2 aromatic carbocycles. The number of pyridine rings is 1. The topological polar surface area (TPSA) is 89.8 Å². The highest BCUT2D eigenvalue weighted by Crippen LogP contribution is 2.38. The summed E-state index contributed by atoms with van der Waals surface area (Å²) in [5, 5.41) is 10.8. The minimum Gasteiger partial charge on any atom is -0.361 e. The second-order valence-electron chi connectivity index (χ2n) is 9.04. The molecule has 1 aliphatic carbocycles. The summed E-state index contributed by atoms with van der Waals surface area (Å²) in [4.78, 5) is 35.3. The predicted octanol–water partition coefficient (Wildman–Crippen LogP) is 5.13. The Bertz CT molecular complexity index is 1500. The Balaban J connectivity index is 1.24. The fraction of sp³-hybridized carbons (Fsp3) is 0.214. The van der Waals surface area contributed by atoms with Gasteiger partial charge in [-0.15, -0.1) is 0 Å². The standard InChI is InChI=1S/C28H22N4O2S/c29-16-21-13-20-12-19(17-4-2-1-3-5-17)7-9-23(20)31-27(21)35-25-15-26(33)32(28(25)34)22-8-6-18-10-11-30-24(18)14-22/h1-6,8,10-11,13-14,19,25,30H,7,9,12,15H2. The monoisotopic (exact) mass is 478 g/mol. The Kier molecular flexibility index (Phi) is 5.39. The first-order valence-electron chi connectivity index (χ1n) is 11.7. The van der Waals surface area contributed by atoms with Crippen LogP contribution in [-0.2, 0) is 22.4 Å². The van der Waals surface area contributed by atoms with Crippen molar-refractivity contribution in [2.24, 2.45) is 0 Å². The van der Waals surface area contributed by atoms with Crippen LogP contribution >= 0.6 is 11.8 Å². The van der Waals surface area contributed by atoms with Gasteiger partial charge in [-0.2, -0.15) is 5.26 Å². The van der Waals surface area contributed by atoms with Gasteiger partial charge >= 0.3 is 0 Å². The average molecular weight is 479 g/mol. The number of thioether (sulfide) groups is 1. The molecule has 1 N–H and O–H groups in total. The number of anilines is 1. The molecule has 172 valence electrons. The van der Waals surface area contributed by atoms with Crippen molar-refractivity contribution in [3.05, 3.63) is 89.2 Å². The lowest BCUT2D eigenvalue weighted by molar-refractivity contribution is -0.121. The molecule has 1 fully saturated rings. The number of rotatable bonds is 4. The molecule has 1 aliphatic heterocycles. The molecule has 2 unspecified atom stereocenters. The van der Waals surface area contributed by atoms with Crippen LogP contribution in [0.25, 0.3) is 10.9 Å². The zero-order valence-corrected chi connectivity index (χ0v) is 19.7. The number of aromatic nitrogens is 2. The smallest absolute Gasteiger partial charge is 0.247 e. The predicted molar refractivity (Wildman–Crippen MR) is 135 cm³/mol. The Hall–Kier alpha value is -3.89. The number of imide groups is 1. The Morgan fingerprint density at radius 1 is 1.06 bits per heavy atom. The van der Waals surface area contributed by atoms with Crippen molar-refractivity contribution in [2.45, 2.75) is 41.9 Å². The van der Waals surface area contributed by atoms with Gasteiger partial charge in [-0.1, -0.05) is 48.2 Å². The largest absolute Gasteiger partial charge is 0.361 e. The van der Waals surface area contributed by atoms with Crippen LogP contribution in [0.15, 0.2) is 71.9 Å². The summed E-state index contributed by atoms with van der Waals surface area (Å²) in [7, 11) is 0. The van der Waals surface area contributed by atoms with E-state index in [-0.39, 0.29) is 18.2 Å². The molecule has 0 bridgehead atoms. The van der Waals surface area contributed by atoms with Gasteiger partial charge in [0.2, 0.25) is 11.8 Å². The Morgan fingerprint density at radius 2 is 1.91 bits per heavy atom. The highest BCUT2D eigenvalue weighted by molar-refractivity contribution is 8.00. The van der Waals surface area contributed by atoms with Gasteiger partial charge < -0.3 is 4.98 Å². The van der Waals surface area contributed by atoms with Crippen molar-refractivity contribution in [1.82, 2.24) is 9.97 Å². The lowest BCUT2D eigenvalue weighted by Gasteiger charge is -2.25. The first-order chi connectivity index (χ1) is 17.1. The van der Waals surface area contributed by atoms with E-state index in [1.165, 1.54) is 22.2 Å². The van der Waals surface area contributed by atoms with Crippen LogP contribution in [0.4, 0.5) is 5.69 Å². The molecule has 2 aromatic heterocycles. The first kappa shape index (κ1) is 21.6. The summed E-state index contributed by atoms with van der Waals surface area (Å²) in [6, 6.07) is 22.1. The highest BCUT2D eigenvalue weighted by atomic mass is 32.2. The van der Waals surface area contributed by atoms with Crippen LogP contribution in [0.2, 0.25) is 0 Å². The van der Waals surface area contributed by atoms with Gasteiger partial charge in [0.15, 0.2) is 0 Å². The average Bonchev–Trinajstić information content (AvgIpc) is 3.46. The molecular formula is C28H22N4O2S. The number of nitriles is 1. The van der Waals surface area contributed by atoms with E-state index in [4.69, 9.17) is 4.98 Å². The number of carbonyl (C=O) groups is 2. The first-order valence-corrected chi connectivity index (χ1v) is 12.6. The van der Waals surface area contributed by atoms with E-state index in [0.717, 1.165) is 41.4 Å². The zero-order chi connectivity index (χ0) is 23.9. The molecule has 35 heavy (non-hydrogen) atoms. The summed E-state index contributed by atoms with van der Waals surface area (Å²) in [6.07, 6.45) is 4.59. The third-order valence-electron chi connectivity index (χ3n) is 6.90. The summed E-state index contributed by atoms with van der Waals surface area (Å²) in [5.74, 6) is -0.0887. The number of aryl methyl sites for hydroxylation is 1. The molecular weight excluding hydrogens is 456 g/mol. The van der Waals surface area contributed by atoms with E-state index >= 15 is 0 Å². The number of amides is 2. The molecule has 2 aliphatic rings. The summed E-state index contributed by atoms with van der Waals surface area (Å²) < 4.78 is 0. The van der Waals surface area contributed by atoms with E-state index < -0.39 is 5.25 Å². The number of benzene rings is 2. The van der Waals surface area contributed by atoms with Crippen LogP contribution < -0.4 is 4.90 Å². The molecule has 3 heterocycles. The number of nitrogens with one attached hydrogen (secondary N) is 1. The molecule has 1 saturated heterocycles. The van der Waals surface area contributed by atoms with Crippen LogP contribution in [0.3, 0.4) is 0 Å². The van der Waals surface area contributed by atoms with Crippen LogP contribution in [-0.4, -0.2) is 27.0 Å².